The summed E-state index contributed by atoms with van der Waals surface area (Å²) in [5, 5.41) is 6.60. The molecule has 1 fully saturated rings. The molecule has 0 bridgehead atoms. The summed E-state index contributed by atoms with van der Waals surface area (Å²) < 4.78 is 5.42. The van der Waals surface area contributed by atoms with E-state index in [0.29, 0.717) is 19.8 Å². The molecule has 2 aromatic carbocycles. The van der Waals surface area contributed by atoms with Gasteiger partial charge in [0.15, 0.2) is 0 Å². The van der Waals surface area contributed by atoms with Crippen LogP contribution in [-0.4, -0.2) is 54.4 Å². The van der Waals surface area contributed by atoms with Crippen LogP contribution in [-0.2, 0) is 9.53 Å². The molecule has 1 atom stereocenters. The lowest BCUT2D eigenvalue weighted by Gasteiger charge is -2.29. The first-order valence-corrected chi connectivity index (χ1v) is 10.4. The normalized spacial score (nSPS) is 20.0. The number of hydrogen-bond donors (Lipinski definition) is 0. The highest BCUT2D eigenvalue weighted by Crippen LogP contribution is 2.35. The number of rotatable bonds is 4. The van der Waals surface area contributed by atoms with Gasteiger partial charge < -0.3 is 4.74 Å². The van der Waals surface area contributed by atoms with Gasteiger partial charge in [0.05, 0.1) is 31.5 Å². The van der Waals surface area contributed by atoms with Crippen LogP contribution in [0.3, 0.4) is 0 Å². The van der Waals surface area contributed by atoms with Gasteiger partial charge in [0.2, 0.25) is 0 Å². The molecule has 0 unspecified atom stereocenters. The van der Waals surface area contributed by atoms with Crippen LogP contribution in [0.2, 0.25) is 0 Å². The number of amides is 1. The number of carbonyl (C=O) groups is 1. The number of hydrogen-bond acceptors (Lipinski definition) is 4. The molecule has 0 radical (unpaired) electrons. The van der Waals surface area contributed by atoms with E-state index in [9.17, 15) is 4.79 Å². The fourth-order valence-corrected chi connectivity index (χ4v) is 4.18. The Kier molecular flexibility index (Phi) is 5.79. The molecular formula is C24H29N3O2. The van der Waals surface area contributed by atoms with E-state index < -0.39 is 0 Å². The molecule has 0 aliphatic carbocycles. The van der Waals surface area contributed by atoms with Crippen LogP contribution in [0.4, 0.5) is 0 Å². The van der Waals surface area contributed by atoms with Crippen LogP contribution in [0, 0.1) is 20.8 Å². The van der Waals surface area contributed by atoms with Crippen molar-refractivity contribution in [1.29, 1.82) is 0 Å². The quantitative estimate of drug-likeness (QED) is 0.800. The van der Waals surface area contributed by atoms with Crippen LogP contribution in [0.15, 0.2) is 47.6 Å². The van der Waals surface area contributed by atoms with Crippen LogP contribution in [0.1, 0.15) is 40.3 Å². The molecular weight excluding hydrogens is 362 g/mol. The molecule has 0 spiro atoms. The third kappa shape index (κ3) is 4.26. The molecule has 5 nitrogen and oxygen atoms in total. The van der Waals surface area contributed by atoms with E-state index in [1.807, 2.05) is 12.1 Å². The fourth-order valence-electron chi connectivity index (χ4n) is 4.18. The largest absolute Gasteiger partial charge is 0.379 e. The Labute approximate surface area is 173 Å². The molecule has 152 valence electrons. The average Bonchev–Trinajstić information content (AvgIpc) is 3.16. The molecule has 5 heteroatoms. The maximum Gasteiger partial charge on any atom is 0.257 e. The Bertz CT molecular complexity index is 931. The molecule has 2 aromatic rings. The van der Waals surface area contributed by atoms with E-state index in [0.717, 1.165) is 30.8 Å². The molecule has 29 heavy (non-hydrogen) atoms. The van der Waals surface area contributed by atoms with Crippen molar-refractivity contribution in [2.75, 3.05) is 32.8 Å². The number of hydrazone groups is 1. The van der Waals surface area contributed by atoms with Crippen molar-refractivity contribution in [3.8, 4) is 0 Å². The van der Waals surface area contributed by atoms with E-state index in [2.05, 4.69) is 56.0 Å². The predicted octanol–water partition coefficient (Wildman–Crippen LogP) is 3.62. The van der Waals surface area contributed by atoms with Gasteiger partial charge in [-0.1, -0.05) is 42.0 Å². The Hall–Kier alpha value is -2.50. The van der Waals surface area contributed by atoms with Gasteiger partial charge in [-0.15, -0.1) is 0 Å². The van der Waals surface area contributed by atoms with Crippen LogP contribution < -0.4 is 0 Å². The number of carbonyl (C=O) groups excluding carboxylic acids is 1. The van der Waals surface area contributed by atoms with E-state index in [4.69, 9.17) is 9.84 Å². The summed E-state index contributed by atoms with van der Waals surface area (Å²) in [5.41, 5.74) is 6.91. The van der Waals surface area contributed by atoms with Crippen molar-refractivity contribution < 1.29 is 9.53 Å². The third-order valence-corrected chi connectivity index (χ3v) is 5.88. The second kappa shape index (κ2) is 8.47. The Morgan fingerprint density at radius 3 is 2.59 bits per heavy atom. The summed E-state index contributed by atoms with van der Waals surface area (Å²) in [6, 6.07) is 14.7. The van der Waals surface area contributed by atoms with Crippen molar-refractivity contribution in [3.63, 3.8) is 0 Å². The molecule has 1 amide bonds. The third-order valence-electron chi connectivity index (χ3n) is 5.88. The summed E-state index contributed by atoms with van der Waals surface area (Å²) >= 11 is 0. The van der Waals surface area contributed by atoms with Gasteiger partial charge in [-0.3, -0.25) is 9.69 Å². The van der Waals surface area contributed by atoms with E-state index in [1.165, 1.54) is 22.3 Å². The molecule has 0 aromatic heterocycles. The lowest BCUT2D eigenvalue weighted by atomic mass is 9.93. The lowest BCUT2D eigenvalue weighted by molar-refractivity contribution is -0.135. The first-order chi connectivity index (χ1) is 14.0. The summed E-state index contributed by atoms with van der Waals surface area (Å²) in [7, 11) is 0. The molecule has 0 N–H and O–H groups in total. The zero-order chi connectivity index (χ0) is 20.4. The predicted molar refractivity (Wildman–Crippen MR) is 115 cm³/mol. The second-order valence-corrected chi connectivity index (χ2v) is 8.07. The molecule has 1 saturated heterocycles. The van der Waals surface area contributed by atoms with Gasteiger partial charge in [0.1, 0.15) is 0 Å². The minimum atomic E-state index is -0.0559. The highest BCUT2D eigenvalue weighted by molar-refractivity contribution is 6.04. The minimum Gasteiger partial charge on any atom is -0.379 e. The van der Waals surface area contributed by atoms with E-state index in [1.54, 1.807) is 5.01 Å². The summed E-state index contributed by atoms with van der Waals surface area (Å²) in [6.07, 6.45) is 0.740. The van der Waals surface area contributed by atoms with Gasteiger partial charge >= 0.3 is 0 Å². The summed E-state index contributed by atoms with van der Waals surface area (Å²) in [6.45, 7) is 9.66. The molecule has 0 saturated carbocycles. The number of nitrogens with zero attached hydrogens (tertiary/aromatic N) is 3. The van der Waals surface area contributed by atoms with Gasteiger partial charge in [0, 0.05) is 25.1 Å². The topological polar surface area (TPSA) is 45.1 Å². The van der Waals surface area contributed by atoms with Gasteiger partial charge in [-0.25, -0.2) is 5.01 Å². The van der Waals surface area contributed by atoms with Crippen molar-refractivity contribution in [3.05, 3.63) is 70.3 Å². The van der Waals surface area contributed by atoms with Gasteiger partial charge in [-0.2, -0.15) is 5.10 Å². The number of aryl methyl sites for hydroxylation is 3. The average molecular weight is 392 g/mol. The lowest BCUT2D eigenvalue weighted by Crippen LogP contribution is -2.43. The standard InChI is InChI=1S/C24H29N3O2/c1-17-8-9-19(3)21(14-17)22-15-23(20-7-5-4-6-18(20)2)27(25-22)24(28)16-26-10-12-29-13-11-26/h4-9,14,23H,10-13,15-16H2,1-3H3/t23-/m1/s1. The number of morpholine rings is 1. The first kappa shape index (κ1) is 19.8. The maximum absolute atomic E-state index is 13.3. The Balaban J connectivity index is 1.66. The van der Waals surface area contributed by atoms with Gasteiger partial charge in [-0.05, 0) is 43.5 Å². The van der Waals surface area contributed by atoms with E-state index >= 15 is 0 Å². The Morgan fingerprint density at radius 2 is 1.83 bits per heavy atom. The molecule has 4 rings (SSSR count). The van der Waals surface area contributed by atoms with Crippen LogP contribution >= 0.6 is 0 Å². The highest BCUT2D eigenvalue weighted by atomic mass is 16.5. The molecule has 2 heterocycles. The zero-order valence-electron chi connectivity index (χ0n) is 17.5. The smallest absolute Gasteiger partial charge is 0.257 e. The minimum absolute atomic E-state index is 0.0559. The second-order valence-electron chi connectivity index (χ2n) is 8.07. The van der Waals surface area contributed by atoms with Crippen molar-refractivity contribution in [1.82, 2.24) is 9.91 Å². The fraction of sp³-hybridized carbons (Fsp3) is 0.417. The maximum atomic E-state index is 13.3. The Morgan fingerprint density at radius 1 is 1.07 bits per heavy atom. The van der Waals surface area contributed by atoms with Crippen molar-refractivity contribution in [2.45, 2.75) is 33.2 Å². The molecule has 2 aliphatic heterocycles. The first-order valence-electron chi connectivity index (χ1n) is 10.4. The monoisotopic (exact) mass is 391 g/mol. The van der Waals surface area contributed by atoms with Crippen molar-refractivity contribution >= 4 is 11.6 Å². The zero-order valence-corrected chi connectivity index (χ0v) is 17.5. The summed E-state index contributed by atoms with van der Waals surface area (Å²) in [5.74, 6) is 0.0560. The summed E-state index contributed by atoms with van der Waals surface area (Å²) in [4.78, 5) is 15.4. The number of benzene rings is 2. The SMILES string of the molecule is Cc1ccc(C)c(C2=NN(C(=O)CN3CCOCC3)[C@@H](c3ccccc3C)C2)c1. The highest BCUT2D eigenvalue weighted by Gasteiger charge is 2.34. The van der Waals surface area contributed by atoms with Crippen LogP contribution in [0.25, 0.3) is 0 Å². The van der Waals surface area contributed by atoms with Crippen molar-refractivity contribution in [2.24, 2.45) is 5.10 Å². The molecule has 2 aliphatic rings. The number of ether oxygens (including phenoxy) is 1. The van der Waals surface area contributed by atoms with E-state index in [-0.39, 0.29) is 11.9 Å². The van der Waals surface area contributed by atoms with Crippen LogP contribution in [0.5, 0.6) is 0 Å². The van der Waals surface area contributed by atoms with Gasteiger partial charge in [0.25, 0.3) is 5.91 Å².